The number of anilines is 1. The highest BCUT2D eigenvalue weighted by Crippen LogP contribution is 2.15. The molecule has 0 unspecified atom stereocenters. The Bertz CT molecular complexity index is 1290. The third-order valence-electron chi connectivity index (χ3n) is 5.48. The summed E-state index contributed by atoms with van der Waals surface area (Å²) >= 11 is 0. The quantitative estimate of drug-likeness (QED) is 0.461. The van der Waals surface area contributed by atoms with Gasteiger partial charge in [-0.15, -0.1) is 0 Å². The molecule has 4 rings (SSSR count). The fraction of sp³-hybridized carbons (Fsp3) is 0.222. The number of fused-ring (bicyclic) bond motifs is 1. The summed E-state index contributed by atoms with van der Waals surface area (Å²) in [6, 6.07) is 23.7. The number of hydrogen-bond donors (Lipinski definition) is 1. The van der Waals surface area contributed by atoms with Gasteiger partial charge in [0.25, 0.3) is 5.56 Å². The van der Waals surface area contributed by atoms with Crippen molar-refractivity contribution >= 4 is 22.6 Å². The van der Waals surface area contributed by atoms with Crippen molar-refractivity contribution in [3.8, 4) is 0 Å². The van der Waals surface area contributed by atoms with E-state index in [1.165, 1.54) is 5.56 Å². The molecule has 0 saturated heterocycles. The third kappa shape index (κ3) is 5.11. The minimum atomic E-state index is -0.126. The molecule has 0 aliphatic heterocycles. The molecule has 5 nitrogen and oxygen atoms in total. The molecule has 0 fully saturated rings. The highest BCUT2D eigenvalue weighted by atomic mass is 16.1. The molecule has 1 N–H and O–H groups in total. The number of carbonyl (C=O) groups is 1. The van der Waals surface area contributed by atoms with E-state index in [4.69, 9.17) is 0 Å². The van der Waals surface area contributed by atoms with Crippen LogP contribution < -0.4 is 10.9 Å². The number of hydrogen-bond acceptors (Lipinski definition) is 3. The number of aryl methyl sites for hydroxylation is 5. The Kier molecular flexibility index (Phi) is 6.45. The lowest BCUT2D eigenvalue weighted by atomic mass is 10.1. The molecule has 0 aliphatic carbocycles. The van der Waals surface area contributed by atoms with E-state index in [1.807, 2.05) is 68.4 Å². The van der Waals surface area contributed by atoms with E-state index in [-0.39, 0.29) is 17.9 Å². The summed E-state index contributed by atoms with van der Waals surface area (Å²) in [5.74, 6) is -0.125. The Balaban J connectivity index is 1.54. The standard InChI is InChI=1S/C27H27N3O2/c1-19-16-20(2)18-22(17-19)28-26(31)13-12-24-27(32)30(15-14-21-8-4-3-5-9-21)25-11-7-6-10-23(25)29-24/h3-11,16-18H,12-15H2,1-2H3,(H,28,31). The van der Waals surface area contributed by atoms with Crippen LogP contribution in [-0.4, -0.2) is 15.5 Å². The normalized spacial score (nSPS) is 10.9. The topological polar surface area (TPSA) is 64.0 Å². The fourth-order valence-electron chi connectivity index (χ4n) is 4.02. The van der Waals surface area contributed by atoms with Crippen molar-refractivity contribution in [1.29, 1.82) is 0 Å². The molecule has 0 spiro atoms. The van der Waals surface area contributed by atoms with Gasteiger partial charge in [-0.1, -0.05) is 48.5 Å². The van der Waals surface area contributed by atoms with Crippen LogP contribution in [-0.2, 0) is 24.2 Å². The summed E-state index contributed by atoms with van der Waals surface area (Å²) < 4.78 is 1.78. The summed E-state index contributed by atoms with van der Waals surface area (Å²) in [5.41, 5.74) is 6.03. The molecule has 0 bridgehead atoms. The maximum Gasteiger partial charge on any atom is 0.272 e. The first kappa shape index (κ1) is 21.5. The first-order valence-electron chi connectivity index (χ1n) is 10.9. The summed E-state index contributed by atoms with van der Waals surface area (Å²) in [6.07, 6.45) is 1.25. The van der Waals surface area contributed by atoms with E-state index in [0.29, 0.717) is 18.7 Å². The summed E-state index contributed by atoms with van der Waals surface area (Å²) in [6.45, 7) is 4.56. The van der Waals surface area contributed by atoms with E-state index < -0.39 is 0 Å². The SMILES string of the molecule is Cc1cc(C)cc(NC(=O)CCc2nc3ccccc3n(CCc3ccccc3)c2=O)c1. The van der Waals surface area contributed by atoms with Crippen LogP contribution in [0.1, 0.15) is 28.8 Å². The Morgan fingerprint density at radius 1 is 0.906 bits per heavy atom. The van der Waals surface area contributed by atoms with E-state index in [9.17, 15) is 9.59 Å². The number of benzene rings is 3. The van der Waals surface area contributed by atoms with Gasteiger partial charge in [-0.05, 0) is 61.2 Å². The van der Waals surface area contributed by atoms with Gasteiger partial charge in [0.15, 0.2) is 0 Å². The predicted octanol–water partition coefficient (Wildman–Crippen LogP) is 4.83. The highest BCUT2D eigenvalue weighted by Gasteiger charge is 2.13. The molecule has 1 heterocycles. The molecule has 162 valence electrons. The van der Waals surface area contributed by atoms with Gasteiger partial charge in [-0.2, -0.15) is 0 Å². The number of carbonyl (C=O) groups excluding carboxylic acids is 1. The molecule has 3 aromatic carbocycles. The second-order valence-corrected chi connectivity index (χ2v) is 8.16. The molecule has 0 atom stereocenters. The van der Waals surface area contributed by atoms with Gasteiger partial charge < -0.3 is 9.88 Å². The van der Waals surface area contributed by atoms with Crippen LogP contribution in [0.4, 0.5) is 5.69 Å². The van der Waals surface area contributed by atoms with E-state index in [0.717, 1.165) is 34.3 Å². The zero-order valence-corrected chi connectivity index (χ0v) is 18.5. The average Bonchev–Trinajstić information content (AvgIpc) is 2.77. The number of amides is 1. The van der Waals surface area contributed by atoms with Crippen LogP contribution in [0.25, 0.3) is 11.0 Å². The van der Waals surface area contributed by atoms with E-state index in [1.54, 1.807) is 4.57 Å². The maximum atomic E-state index is 13.2. The van der Waals surface area contributed by atoms with Crippen LogP contribution in [0.3, 0.4) is 0 Å². The Morgan fingerprint density at radius 2 is 1.59 bits per heavy atom. The van der Waals surface area contributed by atoms with Gasteiger partial charge in [0.05, 0.1) is 11.0 Å². The van der Waals surface area contributed by atoms with E-state index >= 15 is 0 Å². The van der Waals surface area contributed by atoms with Crippen LogP contribution >= 0.6 is 0 Å². The monoisotopic (exact) mass is 425 g/mol. The Morgan fingerprint density at radius 3 is 2.34 bits per heavy atom. The lowest BCUT2D eigenvalue weighted by Crippen LogP contribution is -2.27. The summed E-state index contributed by atoms with van der Waals surface area (Å²) in [7, 11) is 0. The minimum Gasteiger partial charge on any atom is -0.326 e. The molecule has 5 heteroatoms. The third-order valence-corrected chi connectivity index (χ3v) is 5.48. The van der Waals surface area contributed by atoms with Crippen LogP contribution in [0.15, 0.2) is 77.6 Å². The summed E-state index contributed by atoms with van der Waals surface area (Å²) in [4.78, 5) is 30.3. The Labute approximate surface area is 187 Å². The maximum absolute atomic E-state index is 13.2. The van der Waals surface area contributed by atoms with Crippen molar-refractivity contribution in [2.24, 2.45) is 0 Å². The highest BCUT2D eigenvalue weighted by molar-refractivity contribution is 5.91. The molecular formula is C27H27N3O2. The second-order valence-electron chi connectivity index (χ2n) is 8.16. The van der Waals surface area contributed by atoms with Gasteiger partial charge in [0, 0.05) is 25.1 Å². The largest absolute Gasteiger partial charge is 0.326 e. The van der Waals surface area contributed by atoms with Gasteiger partial charge in [-0.3, -0.25) is 9.59 Å². The van der Waals surface area contributed by atoms with Crippen molar-refractivity contribution in [1.82, 2.24) is 9.55 Å². The zero-order valence-electron chi connectivity index (χ0n) is 18.5. The lowest BCUT2D eigenvalue weighted by molar-refractivity contribution is -0.116. The molecule has 1 aromatic heterocycles. The number of nitrogens with zero attached hydrogens (tertiary/aromatic N) is 2. The molecule has 1 amide bonds. The first-order chi connectivity index (χ1) is 15.5. The van der Waals surface area contributed by atoms with Crippen molar-refractivity contribution in [2.45, 2.75) is 39.7 Å². The average molecular weight is 426 g/mol. The molecule has 32 heavy (non-hydrogen) atoms. The van der Waals surface area contributed by atoms with Crippen LogP contribution in [0.5, 0.6) is 0 Å². The molecular weight excluding hydrogens is 398 g/mol. The minimum absolute atomic E-state index is 0.125. The molecule has 0 saturated carbocycles. The van der Waals surface area contributed by atoms with Crippen molar-refractivity contribution in [3.05, 3.63) is 106 Å². The van der Waals surface area contributed by atoms with Gasteiger partial charge in [0.1, 0.15) is 5.69 Å². The smallest absolute Gasteiger partial charge is 0.272 e. The van der Waals surface area contributed by atoms with Crippen molar-refractivity contribution in [2.75, 3.05) is 5.32 Å². The number of aromatic nitrogens is 2. The van der Waals surface area contributed by atoms with Gasteiger partial charge >= 0.3 is 0 Å². The molecule has 0 radical (unpaired) electrons. The van der Waals surface area contributed by atoms with Crippen LogP contribution in [0.2, 0.25) is 0 Å². The van der Waals surface area contributed by atoms with Gasteiger partial charge in [0.2, 0.25) is 5.91 Å². The number of rotatable bonds is 7. The summed E-state index contributed by atoms with van der Waals surface area (Å²) in [5, 5.41) is 2.94. The Hall–Kier alpha value is -3.73. The van der Waals surface area contributed by atoms with E-state index in [2.05, 4.69) is 28.5 Å². The zero-order chi connectivity index (χ0) is 22.5. The number of para-hydroxylation sites is 2. The van der Waals surface area contributed by atoms with Crippen molar-refractivity contribution < 1.29 is 4.79 Å². The fourth-order valence-corrected chi connectivity index (χ4v) is 4.02. The predicted molar refractivity (Wildman–Crippen MR) is 129 cm³/mol. The molecule has 0 aliphatic rings. The van der Waals surface area contributed by atoms with Crippen molar-refractivity contribution in [3.63, 3.8) is 0 Å². The van der Waals surface area contributed by atoms with Gasteiger partial charge in [-0.25, -0.2) is 4.98 Å². The lowest BCUT2D eigenvalue weighted by Gasteiger charge is -2.13. The number of nitrogens with one attached hydrogen (secondary N) is 1. The van der Waals surface area contributed by atoms with Crippen LogP contribution in [0, 0.1) is 13.8 Å². The second kappa shape index (κ2) is 9.60. The first-order valence-corrected chi connectivity index (χ1v) is 10.9. The molecule has 4 aromatic rings.